The number of nitrogens with zero attached hydrogens (tertiary/aromatic N) is 2. The van der Waals surface area contributed by atoms with Crippen LogP contribution in [0.25, 0.3) is 0 Å². The Bertz CT molecular complexity index is 592. The van der Waals surface area contributed by atoms with E-state index in [-0.39, 0.29) is 11.2 Å². The molecule has 0 spiro atoms. The quantitative estimate of drug-likeness (QED) is 0.920. The van der Waals surface area contributed by atoms with E-state index in [1.165, 1.54) is 31.7 Å². The maximum atomic E-state index is 11.4. The van der Waals surface area contributed by atoms with Gasteiger partial charge in [-0.1, -0.05) is 6.42 Å². The van der Waals surface area contributed by atoms with Gasteiger partial charge in [0.05, 0.1) is 6.54 Å². The van der Waals surface area contributed by atoms with E-state index in [0.29, 0.717) is 12.3 Å². The molecule has 120 valence electrons. The first-order valence-electron chi connectivity index (χ1n) is 8.46. The number of hydrogen-bond acceptors (Lipinski definition) is 5. The van der Waals surface area contributed by atoms with E-state index >= 15 is 0 Å². The highest BCUT2D eigenvalue weighted by atomic mass is 16.4. The third-order valence-corrected chi connectivity index (χ3v) is 5.82. The molecule has 5 heteroatoms. The van der Waals surface area contributed by atoms with E-state index in [2.05, 4.69) is 9.80 Å². The zero-order valence-corrected chi connectivity index (χ0v) is 12.9. The van der Waals surface area contributed by atoms with Gasteiger partial charge in [0.25, 0.3) is 0 Å². The molecule has 1 saturated heterocycles. The van der Waals surface area contributed by atoms with Gasteiger partial charge in [-0.3, -0.25) is 14.6 Å². The van der Waals surface area contributed by atoms with Crippen LogP contribution in [0.1, 0.15) is 31.4 Å². The van der Waals surface area contributed by atoms with Crippen LogP contribution in [-0.4, -0.2) is 47.1 Å². The Balaban J connectivity index is 1.32. The Morgan fingerprint density at radius 1 is 1.18 bits per heavy atom. The maximum Gasteiger partial charge on any atom is 0.226 e. The monoisotopic (exact) mass is 304 g/mol. The third kappa shape index (κ3) is 2.68. The first kappa shape index (κ1) is 14.3. The van der Waals surface area contributed by atoms with Crippen LogP contribution in [0.2, 0.25) is 0 Å². The van der Waals surface area contributed by atoms with Crippen molar-refractivity contribution >= 4 is 0 Å². The summed E-state index contributed by atoms with van der Waals surface area (Å²) in [5.41, 5.74) is -0.359. The number of rotatable bonds is 3. The lowest BCUT2D eigenvalue weighted by atomic mass is 9.93. The highest BCUT2D eigenvalue weighted by Crippen LogP contribution is 2.46. The molecule has 1 aromatic rings. The molecule has 0 amide bonds. The van der Waals surface area contributed by atoms with Crippen molar-refractivity contribution in [3.8, 4) is 5.75 Å². The van der Waals surface area contributed by atoms with Crippen molar-refractivity contribution < 1.29 is 9.52 Å². The number of aromatic hydroxyl groups is 1. The van der Waals surface area contributed by atoms with Crippen molar-refractivity contribution in [1.82, 2.24) is 9.80 Å². The molecule has 1 aromatic heterocycles. The summed E-state index contributed by atoms with van der Waals surface area (Å²) in [6.07, 6.45) is 6.92. The van der Waals surface area contributed by atoms with Crippen LogP contribution < -0.4 is 5.43 Å². The molecule has 2 heterocycles. The fourth-order valence-corrected chi connectivity index (χ4v) is 4.66. The molecule has 2 aliphatic carbocycles. The summed E-state index contributed by atoms with van der Waals surface area (Å²) in [6.45, 7) is 4.95. The summed E-state index contributed by atoms with van der Waals surface area (Å²) in [7, 11) is 0. The fraction of sp³-hybridized carbons (Fsp3) is 0.706. The predicted octanol–water partition coefficient (Wildman–Crippen LogP) is 1.65. The number of fused-ring (bicyclic) bond motifs is 2. The zero-order chi connectivity index (χ0) is 15.1. The van der Waals surface area contributed by atoms with Gasteiger partial charge in [-0.15, -0.1) is 0 Å². The first-order chi connectivity index (χ1) is 10.7. The van der Waals surface area contributed by atoms with Crippen LogP contribution in [-0.2, 0) is 6.54 Å². The second-order valence-corrected chi connectivity index (χ2v) is 7.15. The normalized spacial score (nSPS) is 32.6. The van der Waals surface area contributed by atoms with Gasteiger partial charge >= 0.3 is 0 Å². The Morgan fingerprint density at radius 3 is 2.64 bits per heavy atom. The third-order valence-electron chi connectivity index (χ3n) is 5.82. The molecular formula is C17H24N2O3. The van der Waals surface area contributed by atoms with Gasteiger partial charge in [0.15, 0.2) is 5.75 Å². The van der Waals surface area contributed by atoms with Crippen LogP contribution >= 0.6 is 0 Å². The zero-order valence-electron chi connectivity index (χ0n) is 12.9. The SMILES string of the molecule is O=c1cc(CN2CCN([C@@H]3C[C@H]4CC[C@H]3C4)CC2)occ1O. The number of piperazine rings is 1. The highest BCUT2D eigenvalue weighted by molar-refractivity contribution is 5.15. The van der Waals surface area contributed by atoms with Gasteiger partial charge in [0, 0.05) is 38.3 Å². The molecule has 3 atom stereocenters. The van der Waals surface area contributed by atoms with Gasteiger partial charge in [0.1, 0.15) is 12.0 Å². The molecule has 3 fully saturated rings. The summed E-state index contributed by atoms with van der Waals surface area (Å²) in [5.74, 6) is 2.27. The highest BCUT2D eigenvalue weighted by Gasteiger charge is 2.42. The largest absolute Gasteiger partial charge is 0.502 e. The predicted molar refractivity (Wildman–Crippen MR) is 82.7 cm³/mol. The summed E-state index contributed by atoms with van der Waals surface area (Å²) < 4.78 is 5.30. The minimum Gasteiger partial charge on any atom is -0.502 e. The lowest BCUT2D eigenvalue weighted by Gasteiger charge is -2.40. The lowest BCUT2D eigenvalue weighted by molar-refractivity contribution is 0.0646. The van der Waals surface area contributed by atoms with Crippen molar-refractivity contribution in [3.63, 3.8) is 0 Å². The molecule has 0 radical (unpaired) electrons. The standard InChI is InChI=1S/C17H24N2O3/c20-16-9-14(22-11-17(16)21)10-18-3-5-19(6-4-18)15-8-12-1-2-13(15)7-12/h9,11-13,15,21H,1-8,10H2/t12-,13-,15+/m0/s1. The van der Waals surface area contributed by atoms with Crippen LogP contribution in [0, 0.1) is 11.8 Å². The van der Waals surface area contributed by atoms with Gasteiger partial charge in [-0.2, -0.15) is 0 Å². The Kier molecular flexibility index (Phi) is 3.70. The van der Waals surface area contributed by atoms with E-state index in [4.69, 9.17) is 4.42 Å². The van der Waals surface area contributed by atoms with Crippen molar-refractivity contribution in [2.75, 3.05) is 26.2 Å². The molecule has 1 N–H and O–H groups in total. The Labute approximate surface area is 130 Å². The number of hydrogen-bond donors (Lipinski definition) is 1. The Morgan fingerprint density at radius 2 is 2.00 bits per heavy atom. The second-order valence-electron chi connectivity index (χ2n) is 7.15. The van der Waals surface area contributed by atoms with E-state index < -0.39 is 0 Å². The van der Waals surface area contributed by atoms with Crippen LogP contribution in [0.5, 0.6) is 5.75 Å². The molecular weight excluding hydrogens is 280 g/mol. The van der Waals surface area contributed by atoms with Crippen molar-refractivity contribution in [1.29, 1.82) is 0 Å². The molecule has 0 aromatic carbocycles. The maximum absolute atomic E-state index is 11.4. The van der Waals surface area contributed by atoms with Gasteiger partial charge < -0.3 is 9.52 Å². The Hall–Kier alpha value is -1.33. The van der Waals surface area contributed by atoms with Crippen LogP contribution in [0.15, 0.2) is 21.5 Å². The summed E-state index contributed by atoms with van der Waals surface area (Å²) in [4.78, 5) is 16.5. The van der Waals surface area contributed by atoms with Gasteiger partial charge in [-0.25, -0.2) is 0 Å². The van der Waals surface area contributed by atoms with Crippen molar-refractivity contribution in [2.45, 2.75) is 38.3 Å². The molecule has 4 rings (SSSR count). The minimum absolute atomic E-state index is 0.315. The topological polar surface area (TPSA) is 56.9 Å². The molecule has 22 heavy (non-hydrogen) atoms. The van der Waals surface area contributed by atoms with Crippen LogP contribution in [0.4, 0.5) is 0 Å². The minimum atomic E-state index is -0.359. The molecule has 5 nitrogen and oxygen atoms in total. The van der Waals surface area contributed by atoms with E-state index in [9.17, 15) is 9.90 Å². The van der Waals surface area contributed by atoms with Crippen molar-refractivity contribution in [2.24, 2.45) is 11.8 Å². The summed E-state index contributed by atoms with van der Waals surface area (Å²) in [6, 6.07) is 2.23. The average molecular weight is 304 g/mol. The molecule has 2 saturated carbocycles. The van der Waals surface area contributed by atoms with E-state index in [1.54, 1.807) is 0 Å². The molecule has 2 bridgehead atoms. The van der Waals surface area contributed by atoms with E-state index in [1.807, 2.05) is 0 Å². The smallest absolute Gasteiger partial charge is 0.226 e. The summed E-state index contributed by atoms with van der Waals surface area (Å²) >= 11 is 0. The van der Waals surface area contributed by atoms with Gasteiger partial charge in [-0.05, 0) is 31.1 Å². The lowest BCUT2D eigenvalue weighted by Crippen LogP contribution is -2.51. The first-order valence-corrected chi connectivity index (χ1v) is 8.46. The van der Waals surface area contributed by atoms with Crippen molar-refractivity contribution in [3.05, 3.63) is 28.3 Å². The summed E-state index contributed by atoms with van der Waals surface area (Å²) in [5, 5.41) is 9.23. The molecule has 1 aliphatic heterocycles. The van der Waals surface area contributed by atoms with E-state index in [0.717, 1.165) is 50.3 Å². The molecule has 0 unspecified atom stereocenters. The van der Waals surface area contributed by atoms with Gasteiger partial charge in [0.2, 0.25) is 5.43 Å². The fourth-order valence-electron chi connectivity index (χ4n) is 4.66. The van der Waals surface area contributed by atoms with Crippen LogP contribution in [0.3, 0.4) is 0 Å². The molecule has 3 aliphatic rings. The average Bonchev–Trinajstić information content (AvgIpc) is 3.15. The second kappa shape index (κ2) is 5.70.